The highest BCUT2D eigenvalue weighted by molar-refractivity contribution is 5.85. The molecule has 1 atom stereocenters. The zero-order valence-electron chi connectivity index (χ0n) is 9.62. The van der Waals surface area contributed by atoms with Gasteiger partial charge in [0.15, 0.2) is 0 Å². The SMILES string of the molecule is CNC(=O)C(NC(=O)OC)C1CCOCC1. The zero-order valence-corrected chi connectivity index (χ0v) is 9.62. The van der Waals surface area contributed by atoms with Crippen LogP contribution in [-0.4, -0.2) is 45.4 Å². The highest BCUT2D eigenvalue weighted by Gasteiger charge is 2.30. The van der Waals surface area contributed by atoms with Gasteiger partial charge >= 0.3 is 6.09 Å². The summed E-state index contributed by atoms with van der Waals surface area (Å²) < 4.78 is 9.72. The van der Waals surface area contributed by atoms with Crippen LogP contribution in [0.5, 0.6) is 0 Å². The molecular formula is C10H18N2O4. The molecule has 0 aromatic heterocycles. The summed E-state index contributed by atoms with van der Waals surface area (Å²) in [5.74, 6) is -0.0925. The molecule has 1 unspecified atom stereocenters. The molecule has 0 aliphatic carbocycles. The monoisotopic (exact) mass is 230 g/mol. The van der Waals surface area contributed by atoms with Gasteiger partial charge in [-0.3, -0.25) is 4.79 Å². The Morgan fingerprint density at radius 3 is 2.50 bits per heavy atom. The highest BCUT2D eigenvalue weighted by atomic mass is 16.5. The maximum absolute atomic E-state index is 11.6. The van der Waals surface area contributed by atoms with Crippen LogP contribution in [0.1, 0.15) is 12.8 Å². The van der Waals surface area contributed by atoms with Gasteiger partial charge in [-0.15, -0.1) is 0 Å². The minimum absolute atomic E-state index is 0.104. The van der Waals surface area contributed by atoms with E-state index in [9.17, 15) is 9.59 Å². The lowest BCUT2D eigenvalue weighted by atomic mass is 9.91. The predicted molar refractivity (Wildman–Crippen MR) is 56.9 cm³/mol. The van der Waals surface area contributed by atoms with E-state index in [4.69, 9.17) is 4.74 Å². The van der Waals surface area contributed by atoms with Crippen molar-refractivity contribution in [2.75, 3.05) is 27.4 Å². The van der Waals surface area contributed by atoms with E-state index in [2.05, 4.69) is 15.4 Å². The molecule has 6 heteroatoms. The van der Waals surface area contributed by atoms with Crippen molar-refractivity contribution < 1.29 is 19.1 Å². The van der Waals surface area contributed by atoms with Gasteiger partial charge in [-0.25, -0.2) is 4.79 Å². The number of nitrogens with one attached hydrogen (secondary N) is 2. The Kier molecular flexibility index (Phi) is 5.04. The van der Waals surface area contributed by atoms with E-state index in [1.165, 1.54) is 7.11 Å². The Bertz CT molecular complexity index is 251. The first kappa shape index (κ1) is 12.8. The number of carbonyl (C=O) groups is 2. The molecule has 2 N–H and O–H groups in total. The third-order valence-corrected chi connectivity index (χ3v) is 2.72. The fraction of sp³-hybridized carbons (Fsp3) is 0.800. The van der Waals surface area contributed by atoms with Crippen LogP contribution < -0.4 is 10.6 Å². The minimum Gasteiger partial charge on any atom is -0.453 e. The first-order chi connectivity index (χ1) is 7.69. The van der Waals surface area contributed by atoms with Crippen LogP contribution >= 0.6 is 0 Å². The first-order valence-electron chi connectivity index (χ1n) is 5.33. The summed E-state index contributed by atoms with van der Waals surface area (Å²) in [6, 6.07) is -0.540. The van der Waals surface area contributed by atoms with Gasteiger partial charge < -0.3 is 20.1 Å². The van der Waals surface area contributed by atoms with Crippen molar-refractivity contribution in [3.8, 4) is 0 Å². The molecule has 1 rings (SSSR count). The Balaban J connectivity index is 2.61. The maximum Gasteiger partial charge on any atom is 0.407 e. The number of rotatable bonds is 3. The fourth-order valence-corrected chi connectivity index (χ4v) is 1.79. The van der Waals surface area contributed by atoms with E-state index >= 15 is 0 Å². The van der Waals surface area contributed by atoms with Crippen molar-refractivity contribution in [2.45, 2.75) is 18.9 Å². The quantitative estimate of drug-likeness (QED) is 0.709. The van der Waals surface area contributed by atoms with E-state index in [0.29, 0.717) is 13.2 Å². The summed E-state index contributed by atoms with van der Waals surface area (Å²) in [6.07, 6.45) is 0.949. The minimum atomic E-state index is -0.583. The predicted octanol–water partition coefficient (Wildman–Crippen LogP) is -0.116. The van der Waals surface area contributed by atoms with Gasteiger partial charge in [0.1, 0.15) is 6.04 Å². The summed E-state index contributed by atoms with van der Waals surface area (Å²) >= 11 is 0. The van der Waals surface area contributed by atoms with Gasteiger partial charge in [0.2, 0.25) is 5.91 Å². The molecule has 16 heavy (non-hydrogen) atoms. The Labute approximate surface area is 94.7 Å². The third-order valence-electron chi connectivity index (χ3n) is 2.72. The molecular weight excluding hydrogens is 212 g/mol. The average Bonchev–Trinajstić information content (AvgIpc) is 2.35. The van der Waals surface area contributed by atoms with E-state index in [1.54, 1.807) is 7.05 Å². The second kappa shape index (κ2) is 6.32. The van der Waals surface area contributed by atoms with Crippen LogP contribution in [0.4, 0.5) is 4.79 Å². The molecule has 2 amide bonds. The summed E-state index contributed by atoms with van der Waals surface area (Å²) in [5.41, 5.74) is 0. The molecule has 1 aliphatic heterocycles. The smallest absolute Gasteiger partial charge is 0.407 e. The van der Waals surface area contributed by atoms with Crippen LogP contribution in [0, 0.1) is 5.92 Å². The molecule has 0 aromatic carbocycles. The van der Waals surface area contributed by atoms with E-state index in [-0.39, 0.29) is 11.8 Å². The van der Waals surface area contributed by atoms with Gasteiger partial charge in [0.25, 0.3) is 0 Å². The Morgan fingerprint density at radius 2 is 2.00 bits per heavy atom. The topological polar surface area (TPSA) is 76.7 Å². The third kappa shape index (κ3) is 3.37. The molecule has 0 bridgehead atoms. The molecule has 0 saturated carbocycles. The number of alkyl carbamates (subject to hydrolysis) is 1. The van der Waals surface area contributed by atoms with Crippen LogP contribution in [0.3, 0.4) is 0 Å². The molecule has 6 nitrogen and oxygen atoms in total. The molecule has 1 heterocycles. The number of likely N-dealkylation sites (N-methyl/N-ethyl adjacent to an activating group) is 1. The lowest BCUT2D eigenvalue weighted by molar-refractivity contribution is -0.124. The number of ether oxygens (including phenoxy) is 2. The van der Waals surface area contributed by atoms with Gasteiger partial charge in [-0.05, 0) is 18.8 Å². The van der Waals surface area contributed by atoms with Crippen LogP contribution in [0.2, 0.25) is 0 Å². The number of amides is 2. The summed E-state index contributed by atoms with van der Waals surface area (Å²) in [6.45, 7) is 1.25. The van der Waals surface area contributed by atoms with E-state index < -0.39 is 12.1 Å². The van der Waals surface area contributed by atoms with E-state index in [1.807, 2.05) is 0 Å². The number of hydrogen-bond acceptors (Lipinski definition) is 4. The highest BCUT2D eigenvalue weighted by Crippen LogP contribution is 2.19. The normalized spacial score (nSPS) is 18.6. The second-order valence-electron chi connectivity index (χ2n) is 3.68. The van der Waals surface area contributed by atoms with Crippen molar-refractivity contribution in [3.63, 3.8) is 0 Å². The number of hydrogen-bond donors (Lipinski definition) is 2. The maximum atomic E-state index is 11.6. The van der Waals surface area contributed by atoms with Gasteiger partial charge in [0.05, 0.1) is 7.11 Å². The largest absolute Gasteiger partial charge is 0.453 e. The van der Waals surface area contributed by atoms with Crippen LogP contribution in [-0.2, 0) is 14.3 Å². The number of methoxy groups -OCH3 is 1. The zero-order chi connectivity index (χ0) is 12.0. The van der Waals surface area contributed by atoms with Crippen molar-refractivity contribution in [3.05, 3.63) is 0 Å². The molecule has 0 radical (unpaired) electrons. The molecule has 0 spiro atoms. The second-order valence-corrected chi connectivity index (χ2v) is 3.68. The fourth-order valence-electron chi connectivity index (χ4n) is 1.79. The molecule has 1 fully saturated rings. The molecule has 1 saturated heterocycles. The van der Waals surface area contributed by atoms with Crippen molar-refractivity contribution in [1.82, 2.24) is 10.6 Å². The van der Waals surface area contributed by atoms with Gasteiger partial charge in [-0.2, -0.15) is 0 Å². The standard InChI is InChI=1S/C10H18N2O4/c1-11-9(13)8(12-10(14)15-2)7-3-5-16-6-4-7/h7-8H,3-6H2,1-2H3,(H,11,13)(H,12,14). The van der Waals surface area contributed by atoms with Crippen molar-refractivity contribution >= 4 is 12.0 Å². The summed E-state index contributed by atoms with van der Waals surface area (Å²) in [4.78, 5) is 22.8. The lowest BCUT2D eigenvalue weighted by Crippen LogP contribution is -2.51. The average molecular weight is 230 g/mol. The first-order valence-corrected chi connectivity index (χ1v) is 5.33. The molecule has 1 aliphatic rings. The van der Waals surface area contributed by atoms with Gasteiger partial charge in [-0.1, -0.05) is 0 Å². The van der Waals surface area contributed by atoms with Crippen molar-refractivity contribution in [2.24, 2.45) is 5.92 Å². The Morgan fingerprint density at radius 1 is 1.38 bits per heavy atom. The Hall–Kier alpha value is -1.30. The van der Waals surface area contributed by atoms with Crippen LogP contribution in [0.25, 0.3) is 0 Å². The molecule has 0 aromatic rings. The van der Waals surface area contributed by atoms with Crippen molar-refractivity contribution in [1.29, 1.82) is 0 Å². The molecule has 92 valence electrons. The lowest BCUT2D eigenvalue weighted by Gasteiger charge is -2.29. The van der Waals surface area contributed by atoms with Crippen LogP contribution in [0.15, 0.2) is 0 Å². The van der Waals surface area contributed by atoms with Gasteiger partial charge in [0, 0.05) is 20.3 Å². The summed E-state index contributed by atoms with van der Waals surface area (Å²) in [7, 11) is 2.83. The van der Waals surface area contributed by atoms with E-state index in [0.717, 1.165) is 12.8 Å². The summed E-state index contributed by atoms with van der Waals surface area (Å²) in [5, 5.41) is 5.10. The number of carbonyl (C=O) groups excluding carboxylic acids is 2.